The van der Waals surface area contributed by atoms with Gasteiger partial charge in [-0.25, -0.2) is 9.97 Å². The Morgan fingerprint density at radius 3 is 1.92 bits per heavy atom. The lowest BCUT2D eigenvalue weighted by molar-refractivity contribution is 0.374. The molecule has 4 aromatic rings. The molecule has 1 heterocycles. The van der Waals surface area contributed by atoms with Crippen LogP contribution in [0.4, 0.5) is 0 Å². The molecule has 0 radical (unpaired) electrons. The molecule has 26 heavy (non-hydrogen) atoms. The first kappa shape index (κ1) is 15.9. The predicted molar refractivity (Wildman–Crippen MR) is 100 cm³/mol. The summed E-state index contributed by atoms with van der Waals surface area (Å²) in [7, 11) is 1.49. The molecule has 4 rings (SSSR count). The highest BCUT2D eigenvalue weighted by Gasteiger charge is 2.19. The number of rotatable bonds is 3. The molecule has 5 heteroatoms. The summed E-state index contributed by atoms with van der Waals surface area (Å²) in [6, 6.07) is 19.6. The van der Waals surface area contributed by atoms with Gasteiger partial charge in [0.1, 0.15) is 17.1 Å². The molecule has 0 saturated heterocycles. The first-order valence-electron chi connectivity index (χ1n) is 8.10. The van der Waals surface area contributed by atoms with Crippen molar-refractivity contribution >= 4 is 11.0 Å². The van der Waals surface area contributed by atoms with Gasteiger partial charge in [-0.2, -0.15) is 0 Å². The number of para-hydroxylation sites is 4. The Morgan fingerprint density at radius 1 is 0.692 bits per heavy atom. The van der Waals surface area contributed by atoms with E-state index in [1.54, 1.807) is 36.4 Å². The molecule has 1 aromatic heterocycles. The van der Waals surface area contributed by atoms with Crippen molar-refractivity contribution < 1.29 is 14.9 Å². The molecule has 0 bridgehead atoms. The minimum Gasteiger partial charge on any atom is -0.507 e. The minimum atomic E-state index is -0.0174. The van der Waals surface area contributed by atoms with E-state index in [0.29, 0.717) is 39.3 Å². The van der Waals surface area contributed by atoms with Crippen molar-refractivity contribution in [2.24, 2.45) is 0 Å². The first-order chi connectivity index (χ1) is 12.7. The second kappa shape index (κ2) is 6.37. The highest BCUT2D eigenvalue weighted by atomic mass is 16.5. The van der Waals surface area contributed by atoms with E-state index in [1.165, 1.54) is 7.11 Å². The summed E-state index contributed by atoms with van der Waals surface area (Å²) in [4.78, 5) is 9.41. The third-order valence-corrected chi connectivity index (χ3v) is 4.20. The van der Waals surface area contributed by atoms with Crippen LogP contribution in [0.15, 0.2) is 66.7 Å². The van der Waals surface area contributed by atoms with E-state index in [9.17, 15) is 10.2 Å². The Bertz CT molecular complexity index is 1110. The van der Waals surface area contributed by atoms with Gasteiger partial charge in [-0.3, -0.25) is 0 Å². The Kier molecular flexibility index (Phi) is 3.89. The maximum Gasteiger partial charge on any atom is 0.167 e. The average molecular weight is 344 g/mol. The van der Waals surface area contributed by atoms with Gasteiger partial charge in [0.2, 0.25) is 0 Å². The van der Waals surface area contributed by atoms with Gasteiger partial charge in [-0.15, -0.1) is 0 Å². The van der Waals surface area contributed by atoms with Crippen molar-refractivity contribution in [3.8, 4) is 39.8 Å². The van der Waals surface area contributed by atoms with Crippen LogP contribution in [0.25, 0.3) is 33.5 Å². The lowest BCUT2D eigenvalue weighted by atomic mass is 10.0. The van der Waals surface area contributed by atoms with Crippen molar-refractivity contribution in [1.82, 2.24) is 9.97 Å². The molecular weight excluding hydrogens is 328 g/mol. The van der Waals surface area contributed by atoms with Crippen LogP contribution >= 0.6 is 0 Å². The van der Waals surface area contributed by atoms with Crippen LogP contribution in [-0.4, -0.2) is 27.3 Å². The van der Waals surface area contributed by atoms with Gasteiger partial charge in [0.15, 0.2) is 11.5 Å². The summed E-state index contributed by atoms with van der Waals surface area (Å²) in [6.45, 7) is 0. The molecule has 0 unspecified atom stereocenters. The smallest absolute Gasteiger partial charge is 0.167 e. The molecule has 2 N–H and O–H groups in total. The van der Waals surface area contributed by atoms with E-state index in [1.807, 2.05) is 30.3 Å². The topological polar surface area (TPSA) is 75.5 Å². The van der Waals surface area contributed by atoms with Crippen molar-refractivity contribution in [1.29, 1.82) is 0 Å². The van der Waals surface area contributed by atoms with Crippen LogP contribution in [-0.2, 0) is 0 Å². The third-order valence-electron chi connectivity index (χ3n) is 4.20. The highest BCUT2D eigenvalue weighted by molar-refractivity contribution is 5.89. The molecule has 128 valence electrons. The van der Waals surface area contributed by atoms with Crippen molar-refractivity contribution in [3.05, 3.63) is 66.7 Å². The monoisotopic (exact) mass is 344 g/mol. The van der Waals surface area contributed by atoms with E-state index >= 15 is 0 Å². The summed E-state index contributed by atoms with van der Waals surface area (Å²) in [6.07, 6.45) is 0. The standard InChI is InChI=1S/C21H16N2O3/c1-26-18-12-6-8-14(21(18)25)20-19(13-7-2-5-11-17(13)24)22-15-9-3-4-10-16(15)23-20/h2-12,24-25H,1H3. The number of phenolic OH excluding ortho intramolecular Hbond substituents is 2. The fourth-order valence-corrected chi connectivity index (χ4v) is 2.93. The Labute approximate surface area is 150 Å². The zero-order valence-electron chi connectivity index (χ0n) is 14.0. The molecule has 0 amide bonds. The molecule has 3 aromatic carbocycles. The summed E-state index contributed by atoms with van der Waals surface area (Å²) in [5, 5.41) is 20.9. The van der Waals surface area contributed by atoms with Gasteiger partial charge in [0.25, 0.3) is 0 Å². The zero-order chi connectivity index (χ0) is 18.1. The number of phenols is 2. The predicted octanol–water partition coefficient (Wildman–Crippen LogP) is 4.38. The highest BCUT2D eigenvalue weighted by Crippen LogP contribution is 2.41. The second-order valence-corrected chi connectivity index (χ2v) is 5.78. The lowest BCUT2D eigenvalue weighted by Crippen LogP contribution is -1.96. The molecule has 0 spiro atoms. The van der Waals surface area contributed by atoms with E-state index in [0.717, 1.165) is 0 Å². The van der Waals surface area contributed by atoms with Crippen LogP contribution in [0.2, 0.25) is 0 Å². The van der Waals surface area contributed by atoms with Crippen molar-refractivity contribution in [2.75, 3.05) is 7.11 Å². The number of hydrogen-bond donors (Lipinski definition) is 2. The van der Waals surface area contributed by atoms with Crippen molar-refractivity contribution in [2.45, 2.75) is 0 Å². The zero-order valence-corrected chi connectivity index (χ0v) is 14.0. The number of methoxy groups -OCH3 is 1. The molecule has 5 nitrogen and oxygen atoms in total. The molecule has 0 saturated carbocycles. The summed E-state index contributed by atoms with van der Waals surface area (Å²) < 4.78 is 5.22. The fourth-order valence-electron chi connectivity index (χ4n) is 2.93. The second-order valence-electron chi connectivity index (χ2n) is 5.78. The number of benzene rings is 3. The van der Waals surface area contributed by atoms with E-state index in [4.69, 9.17) is 14.7 Å². The number of hydrogen-bond acceptors (Lipinski definition) is 5. The largest absolute Gasteiger partial charge is 0.507 e. The lowest BCUT2D eigenvalue weighted by Gasteiger charge is -2.14. The van der Waals surface area contributed by atoms with Gasteiger partial charge in [-0.05, 0) is 36.4 Å². The van der Waals surface area contributed by atoms with Gasteiger partial charge < -0.3 is 14.9 Å². The molecule has 0 aliphatic carbocycles. The summed E-state index contributed by atoms with van der Waals surface area (Å²) >= 11 is 0. The van der Waals surface area contributed by atoms with Gasteiger partial charge in [0.05, 0.1) is 18.1 Å². The minimum absolute atomic E-state index is 0.0174. The van der Waals surface area contributed by atoms with Crippen LogP contribution in [0, 0.1) is 0 Å². The van der Waals surface area contributed by atoms with E-state index in [-0.39, 0.29) is 11.5 Å². The Hall–Kier alpha value is -3.60. The van der Waals surface area contributed by atoms with E-state index in [2.05, 4.69) is 0 Å². The summed E-state index contributed by atoms with van der Waals surface area (Å²) in [5.41, 5.74) is 3.40. The van der Waals surface area contributed by atoms with Crippen LogP contribution in [0.3, 0.4) is 0 Å². The van der Waals surface area contributed by atoms with Crippen LogP contribution in [0.1, 0.15) is 0 Å². The van der Waals surface area contributed by atoms with E-state index < -0.39 is 0 Å². The molecule has 0 atom stereocenters. The van der Waals surface area contributed by atoms with Crippen LogP contribution in [0.5, 0.6) is 17.2 Å². The fraction of sp³-hybridized carbons (Fsp3) is 0.0476. The number of nitrogens with zero attached hydrogens (tertiary/aromatic N) is 2. The van der Waals surface area contributed by atoms with Crippen LogP contribution < -0.4 is 4.74 Å². The number of fused-ring (bicyclic) bond motifs is 1. The van der Waals surface area contributed by atoms with Gasteiger partial charge >= 0.3 is 0 Å². The molecular formula is C21H16N2O3. The number of aromatic nitrogens is 2. The number of aromatic hydroxyl groups is 2. The normalized spacial score (nSPS) is 10.8. The van der Waals surface area contributed by atoms with Gasteiger partial charge in [0, 0.05) is 11.1 Å². The van der Waals surface area contributed by atoms with Gasteiger partial charge in [-0.1, -0.05) is 30.3 Å². The number of ether oxygens (including phenoxy) is 1. The first-order valence-corrected chi connectivity index (χ1v) is 8.10. The maximum atomic E-state index is 10.6. The maximum absolute atomic E-state index is 10.6. The Balaban J connectivity index is 2.08. The summed E-state index contributed by atoms with van der Waals surface area (Å²) in [5.74, 6) is 0.428. The molecule has 0 aliphatic rings. The average Bonchev–Trinajstić information content (AvgIpc) is 2.68. The molecule has 0 fully saturated rings. The SMILES string of the molecule is COc1cccc(-c2nc3ccccc3nc2-c2ccccc2O)c1O. The van der Waals surface area contributed by atoms with Crippen molar-refractivity contribution in [3.63, 3.8) is 0 Å². The molecule has 0 aliphatic heterocycles. The quantitative estimate of drug-likeness (QED) is 0.577. The Morgan fingerprint density at radius 2 is 1.27 bits per heavy atom. The third kappa shape index (κ3) is 2.59.